The van der Waals surface area contributed by atoms with Crippen LogP contribution < -0.4 is 4.90 Å². The lowest BCUT2D eigenvalue weighted by Gasteiger charge is -2.64. The van der Waals surface area contributed by atoms with E-state index >= 15 is 0 Å². The van der Waals surface area contributed by atoms with Crippen molar-refractivity contribution in [2.75, 3.05) is 24.5 Å². The van der Waals surface area contributed by atoms with E-state index in [0.717, 1.165) is 53.0 Å². The van der Waals surface area contributed by atoms with Crippen LogP contribution in [0.1, 0.15) is 39.2 Å². The number of rotatable bonds is 3. The number of piperidine rings is 1. The van der Waals surface area contributed by atoms with Crippen LogP contribution in [-0.2, 0) is 7.05 Å². The van der Waals surface area contributed by atoms with E-state index in [9.17, 15) is 15.2 Å². The van der Waals surface area contributed by atoms with Crippen molar-refractivity contribution >= 4 is 17.4 Å². The van der Waals surface area contributed by atoms with Gasteiger partial charge in [-0.05, 0) is 36.5 Å². The van der Waals surface area contributed by atoms with Crippen molar-refractivity contribution in [3.05, 3.63) is 54.7 Å². The van der Waals surface area contributed by atoms with E-state index in [4.69, 9.17) is 4.98 Å². The molecule has 0 bridgehead atoms. The molecule has 6 rings (SSSR count). The van der Waals surface area contributed by atoms with Crippen LogP contribution in [0.4, 0.5) is 10.6 Å². The molecule has 0 saturated carbocycles. The number of nitrogens with zero attached hydrogens (tertiary/aromatic N) is 8. The third-order valence-corrected chi connectivity index (χ3v) is 8.35. The molecule has 4 aromatic heterocycles. The summed E-state index contributed by atoms with van der Waals surface area (Å²) >= 11 is 0. The molecule has 4 aromatic rings. The van der Waals surface area contributed by atoms with Crippen molar-refractivity contribution in [1.29, 1.82) is 5.26 Å². The van der Waals surface area contributed by atoms with Gasteiger partial charge in [0.15, 0.2) is 0 Å². The monoisotopic (exact) mass is 524 g/mol. The molecule has 1 spiro atoms. The van der Waals surface area contributed by atoms with Gasteiger partial charge in [-0.1, -0.05) is 20.8 Å². The van der Waals surface area contributed by atoms with Gasteiger partial charge in [-0.25, -0.2) is 14.3 Å². The summed E-state index contributed by atoms with van der Waals surface area (Å²) in [5.74, 6) is 0.915. The molecule has 1 N–H and O–H groups in total. The zero-order valence-electron chi connectivity index (χ0n) is 22.7. The maximum atomic E-state index is 11.5. The van der Waals surface area contributed by atoms with Crippen molar-refractivity contribution < 1.29 is 9.90 Å². The molecule has 6 heterocycles. The second-order valence-electron chi connectivity index (χ2n) is 11.9. The number of anilines is 1. The summed E-state index contributed by atoms with van der Waals surface area (Å²) in [6.45, 7) is 8.81. The lowest BCUT2D eigenvalue weighted by Crippen LogP contribution is -2.72. The zero-order chi connectivity index (χ0) is 27.5. The topological polar surface area (TPSA) is 116 Å². The predicted molar refractivity (Wildman–Crippen MR) is 147 cm³/mol. The minimum absolute atomic E-state index is 0.00744. The number of aryl methyl sites for hydroxylation is 1. The zero-order valence-corrected chi connectivity index (χ0v) is 22.7. The molecule has 1 amide bonds. The Morgan fingerprint density at radius 2 is 1.85 bits per heavy atom. The van der Waals surface area contributed by atoms with Crippen LogP contribution in [0.3, 0.4) is 0 Å². The molecular weight excluding hydrogens is 492 g/mol. The number of amides is 1. The number of likely N-dealkylation sites (tertiary alicyclic amines) is 1. The highest BCUT2D eigenvalue weighted by atomic mass is 16.4. The van der Waals surface area contributed by atoms with E-state index in [2.05, 4.69) is 60.1 Å². The Hall–Kier alpha value is -4.39. The highest BCUT2D eigenvalue weighted by molar-refractivity contribution is 5.87. The van der Waals surface area contributed by atoms with E-state index in [0.29, 0.717) is 18.7 Å². The van der Waals surface area contributed by atoms with E-state index in [-0.39, 0.29) is 16.9 Å². The number of pyridine rings is 2. The van der Waals surface area contributed by atoms with Crippen molar-refractivity contribution in [3.8, 4) is 28.3 Å². The first-order valence-corrected chi connectivity index (χ1v) is 13.2. The van der Waals surface area contributed by atoms with Crippen LogP contribution in [-0.4, -0.2) is 66.2 Å². The average Bonchev–Trinajstić information content (AvgIpc) is 3.52. The molecule has 0 radical (unpaired) electrons. The van der Waals surface area contributed by atoms with Gasteiger partial charge in [-0.2, -0.15) is 15.5 Å². The number of hydrogen-bond acceptors (Lipinski definition) is 6. The first-order valence-electron chi connectivity index (χ1n) is 13.2. The average molecular weight is 525 g/mol. The second-order valence-corrected chi connectivity index (χ2v) is 11.9. The van der Waals surface area contributed by atoms with Crippen molar-refractivity contribution in [3.63, 3.8) is 0 Å². The Labute approximate surface area is 227 Å². The fourth-order valence-electron chi connectivity index (χ4n) is 6.78. The molecule has 10 nitrogen and oxygen atoms in total. The summed E-state index contributed by atoms with van der Waals surface area (Å²) < 4.78 is 3.51. The number of carboxylic acid groups (broad SMARTS) is 1. The fraction of sp³-hybridized carbons (Fsp3) is 0.414. The van der Waals surface area contributed by atoms with Gasteiger partial charge in [-0.15, -0.1) is 0 Å². The Morgan fingerprint density at radius 3 is 2.44 bits per heavy atom. The molecule has 10 heteroatoms. The molecular formula is C29H32N8O2. The van der Waals surface area contributed by atoms with Crippen LogP contribution in [0.25, 0.3) is 27.8 Å². The van der Waals surface area contributed by atoms with Crippen LogP contribution >= 0.6 is 0 Å². The normalized spacial score (nSPS) is 18.8. The molecule has 2 fully saturated rings. The first kappa shape index (κ1) is 24.9. The summed E-state index contributed by atoms with van der Waals surface area (Å²) in [6.07, 6.45) is 10.1. The van der Waals surface area contributed by atoms with Gasteiger partial charge >= 0.3 is 6.09 Å². The Kier molecular flexibility index (Phi) is 5.64. The van der Waals surface area contributed by atoms with Crippen molar-refractivity contribution in [2.45, 2.75) is 39.7 Å². The summed E-state index contributed by atoms with van der Waals surface area (Å²) in [5.41, 5.74) is 5.07. The number of aromatic nitrogens is 5. The number of nitriles is 1. The maximum absolute atomic E-state index is 11.5. The number of hydrogen-bond donors (Lipinski definition) is 1. The highest BCUT2D eigenvalue weighted by Crippen LogP contribution is 2.54. The molecule has 2 aliphatic rings. The fourth-order valence-corrected chi connectivity index (χ4v) is 6.78. The van der Waals surface area contributed by atoms with Crippen LogP contribution in [0, 0.1) is 22.2 Å². The van der Waals surface area contributed by atoms with Crippen molar-refractivity contribution in [1.82, 2.24) is 29.3 Å². The molecule has 39 heavy (non-hydrogen) atoms. The van der Waals surface area contributed by atoms with Gasteiger partial charge < -0.3 is 14.9 Å². The Balaban J connectivity index is 1.34. The van der Waals surface area contributed by atoms with Crippen LogP contribution in [0.15, 0.2) is 49.2 Å². The first-order chi connectivity index (χ1) is 18.6. The molecule has 200 valence electrons. The Bertz CT molecular complexity index is 1600. The predicted octanol–water partition coefficient (Wildman–Crippen LogP) is 4.66. The van der Waals surface area contributed by atoms with Gasteiger partial charge in [-0.3, -0.25) is 4.68 Å². The molecule has 2 saturated heterocycles. The van der Waals surface area contributed by atoms with E-state index < -0.39 is 6.09 Å². The SMILES string of the molecule is Cn1cc(-c2cc(-c3ccc(N4CC5(CCN(C(=O)O)CC5)C4C(C)(C)C)nc3)c3c(C#N)cnn3c2)cn1. The van der Waals surface area contributed by atoms with Gasteiger partial charge in [0.1, 0.15) is 11.9 Å². The van der Waals surface area contributed by atoms with Crippen molar-refractivity contribution in [2.24, 2.45) is 17.9 Å². The van der Waals surface area contributed by atoms with Gasteiger partial charge in [0, 0.05) is 79.0 Å². The quantitative estimate of drug-likeness (QED) is 0.414. The standard InChI is InChI=1S/C29H32N8O2/c1-28(2,3)26-29(7-9-35(10-8-29)27(38)39)18-36(26)24-6-5-19(13-31-24)23-11-20(22-15-32-34(4)16-22)17-37-25(23)21(12-30)14-33-37/h5-6,11,13-17,26H,7-10,18H2,1-4H3,(H,38,39). The van der Waals surface area contributed by atoms with E-state index in [1.54, 1.807) is 15.4 Å². The Morgan fingerprint density at radius 1 is 1.08 bits per heavy atom. The summed E-state index contributed by atoms with van der Waals surface area (Å²) in [6, 6.07) is 8.72. The third kappa shape index (κ3) is 4.09. The second kappa shape index (κ2) is 8.83. The largest absolute Gasteiger partial charge is 0.465 e. The lowest BCUT2D eigenvalue weighted by molar-refractivity contribution is -0.0104. The van der Waals surface area contributed by atoms with Gasteiger partial charge in [0.2, 0.25) is 0 Å². The van der Waals surface area contributed by atoms with Crippen LogP contribution in [0.5, 0.6) is 0 Å². The maximum Gasteiger partial charge on any atom is 0.407 e. The molecule has 2 aliphatic heterocycles. The van der Waals surface area contributed by atoms with Crippen LogP contribution in [0.2, 0.25) is 0 Å². The van der Waals surface area contributed by atoms with Gasteiger partial charge in [0.05, 0.1) is 23.5 Å². The number of carbonyl (C=O) groups is 1. The smallest absolute Gasteiger partial charge is 0.407 e. The molecule has 0 aliphatic carbocycles. The molecule has 0 aromatic carbocycles. The summed E-state index contributed by atoms with van der Waals surface area (Å²) in [7, 11) is 1.88. The third-order valence-electron chi connectivity index (χ3n) is 8.35. The van der Waals surface area contributed by atoms with E-state index in [1.807, 2.05) is 31.8 Å². The van der Waals surface area contributed by atoms with Gasteiger partial charge in [0.25, 0.3) is 0 Å². The van der Waals surface area contributed by atoms with E-state index in [1.165, 1.54) is 4.90 Å². The summed E-state index contributed by atoms with van der Waals surface area (Å²) in [5, 5.41) is 27.9. The highest BCUT2D eigenvalue weighted by Gasteiger charge is 2.58. The molecule has 1 atom stereocenters. The molecule has 1 unspecified atom stereocenters. The minimum atomic E-state index is -0.829. The summed E-state index contributed by atoms with van der Waals surface area (Å²) in [4.78, 5) is 20.3. The lowest BCUT2D eigenvalue weighted by atomic mass is 9.57. The minimum Gasteiger partial charge on any atom is -0.465 e. The number of fused-ring (bicyclic) bond motifs is 1.